The lowest BCUT2D eigenvalue weighted by Crippen LogP contribution is -2.41. The molecule has 1 N–H and O–H groups in total. The molecule has 9 heteroatoms. The topological polar surface area (TPSA) is 102 Å². The van der Waals surface area contributed by atoms with Crippen LogP contribution in [-0.2, 0) is 17.8 Å². The molecule has 2 aliphatic heterocycles. The van der Waals surface area contributed by atoms with Gasteiger partial charge in [0.1, 0.15) is 17.9 Å². The van der Waals surface area contributed by atoms with E-state index in [-0.39, 0.29) is 11.8 Å². The molecule has 9 nitrogen and oxygen atoms in total. The average molecular weight is 395 g/mol. The van der Waals surface area contributed by atoms with E-state index in [2.05, 4.69) is 29.9 Å². The summed E-state index contributed by atoms with van der Waals surface area (Å²) in [6.07, 6.45) is 7.93. The van der Waals surface area contributed by atoms with E-state index in [0.29, 0.717) is 18.1 Å². The maximum Gasteiger partial charge on any atom is 0.230 e. The fraction of sp³-hybridized carbons (Fsp3) is 0.550. The molecule has 3 aromatic rings. The molecule has 1 amide bonds. The second kappa shape index (κ2) is 7.46. The molecule has 5 rings (SSSR count). The molecular formula is C20H25N7O2. The second-order valence-electron chi connectivity index (χ2n) is 7.96. The number of nitrogens with one attached hydrogen (secondary N) is 1. The number of aryl methyl sites for hydroxylation is 3. The number of aromatic nitrogens is 5. The summed E-state index contributed by atoms with van der Waals surface area (Å²) in [6.45, 7) is 4.24. The minimum absolute atomic E-state index is 0.0334. The van der Waals surface area contributed by atoms with Crippen LogP contribution in [0.5, 0.6) is 0 Å². The predicted octanol–water partition coefficient (Wildman–Crippen LogP) is 2.70. The number of nitrogens with zero attached hydrogens (tertiary/aromatic N) is 6. The molecule has 3 aromatic heterocycles. The van der Waals surface area contributed by atoms with E-state index < -0.39 is 0 Å². The molecule has 1 atom stereocenters. The van der Waals surface area contributed by atoms with Crippen molar-refractivity contribution in [3.8, 4) is 0 Å². The van der Waals surface area contributed by atoms with Crippen LogP contribution in [0.4, 0.5) is 11.6 Å². The number of hydrogen-bond donors (Lipinski definition) is 1. The van der Waals surface area contributed by atoms with E-state index >= 15 is 0 Å². The summed E-state index contributed by atoms with van der Waals surface area (Å²) in [4.78, 5) is 28.9. The van der Waals surface area contributed by atoms with Gasteiger partial charge in [-0.05, 0) is 32.6 Å². The molecule has 0 radical (unpaired) electrons. The number of rotatable bonds is 3. The molecule has 0 aromatic carbocycles. The molecule has 0 spiro atoms. The smallest absolute Gasteiger partial charge is 0.230 e. The Kier molecular flexibility index (Phi) is 4.65. The Labute approximate surface area is 168 Å². The quantitative estimate of drug-likeness (QED) is 0.727. The Morgan fingerprint density at radius 3 is 3.00 bits per heavy atom. The number of amides is 1. The fourth-order valence-corrected chi connectivity index (χ4v) is 4.39. The van der Waals surface area contributed by atoms with E-state index in [1.54, 1.807) is 19.3 Å². The van der Waals surface area contributed by atoms with Crippen molar-refractivity contribution in [2.75, 3.05) is 23.3 Å². The number of carbonyl (C=O) groups is 1. The van der Waals surface area contributed by atoms with Crippen molar-refractivity contribution in [1.82, 2.24) is 24.7 Å². The van der Waals surface area contributed by atoms with Crippen LogP contribution in [0.3, 0.4) is 0 Å². The Hall–Kier alpha value is -2.97. The van der Waals surface area contributed by atoms with Gasteiger partial charge in [0.05, 0.1) is 5.92 Å². The van der Waals surface area contributed by atoms with Crippen molar-refractivity contribution in [3.63, 3.8) is 0 Å². The molecule has 29 heavy (non-hydrogen) atoms. The minimum Gasteiger partial charge on any atom is -0.360 e. The number of piperidine rings is 1. The number of imidazole rings is 1. The van der Waals surface area contributed by atoms with Gasteiger partial charge in [0, 0.05) is 32.1 Å². The van der Waals surface area contributed by atoms with Crippen molar-refractivity contribution >= 4 is 28.7 Å². The Morgan fingerprint density at radius 1 is 1.21 bits per heavy atom. The van der Waals surface area contributed by atoms with Crippen molar-refractivity contribution < 1.29 is 9.32 Å². The number of carbonyl (C=O) groups excluding carboxylic acids is 1. The first kappa shape index (κ1) is 18.1. The molecule has 0 saturated carbocycles. The van der Waals surface area contributed by atoms with Gasteiger partial charge < -0.3 is 19.3 Å². The standard InChI is InChI=1S/C20H25N7O2/c1-13-10-15(25-29-13)23-20(28)14-6-5-8-26(11-14)18-17-19(22-12-21-18)27-9-4-2-3-7-16(27)24-17/h10,12,14H,2-9,11H2,1H3,(H,23,25,28)/t14-/m0/s1. The van der Waals surface area contributed by atoms with E-state index in [4.69, 9.17) is 9.51 Å². The van der Waals surface area contributed by atoms with Crippen molar-refractivity contribution in [2.24, 2.45) is 5.92 Å². The van der Waals surface area contributed by atoms with Crippen molar-refractivity contribution in [2.45, 2.75) is 52.0 Å². The first-order chi connectivity index (χ1) is 14.2. The third kappa shape index (κ3) is 3.45. The number of anilines is 2. The first-order valence-corrected chi connectivity index (χ1v) is 10.4. The van der Waals surface area contributed by atoms with E-state index in [9.17, 15) is 4.79 Å². The van der Waals surface area contributed by atoms with Gasteiger partial charge in [0.25, 0.3) is 0 Å². The highest BCUT2D eigenvalue weighted by molar-refractivity contribution is 5.92. The normalized spacial score (nSPS) is 19.8. The van der Waals surface area contributed by atoms with Crippen LogP contribution in [0, 0.1) is 12.8 Å². The second-order valence-corrected chi connectivity index (χ2v) is 7.96. The lowest BCUT2D eigenvalue weighted by Gasteiger charge is -2.32. The van der Waals surface area contributed by atoms with E-state index in [0.717, 1.165) is 61.6 Å². The molecular weight excluding hydrogens is 370 g/mol. The summed E-state index contributed by atoms with van der Waals surface area (Å²) in [5.74, 6) is 2.91. The molecule has 152 valence electrons. The van der Waals surface area contributed by atoms with Crippen LogP contribution in [-0.4, -0.2) is 43.7 Å². The number of hydrogen-bond acceptors (Lipinski definition) is 7. The highest BCUT2D eigenvalue weighted by Gasteiger charge is 2.29. The highest BCUT2D eigenvalue weighted by Crippen LogP contribution is 2.29. The monoisotopic (exact) mass is 395 g/mol. The van der Waals surface area contributed by atoms with Gasteiger partial charge in [0.2, 0.25) is 5.91 Å². The minimum atomic E-state index is -0.133. The first-order valence-electron chi connectivity index (χ1n) is 10.4. The third-order valence-electron chi connectivity index (χ3n) is 5.84. The molecule has 0 unspecified atom stereocenters. The Morgan fingerprint density at radius 2 is 2.14 bits per heavy atom. The Balaban J connectivity index is 1.39. The zero-order valence-electron chi connectivity index (χ0n) is 16.6. The highest BCUT2D eigenvalue weighted by atomic mass is 16.5. The van der Waals surface area contributed by atoms with Crippen molar-refractivity contribution in [1.29, 1.82) is 0 Å². The van der Waals surface area contributed by atoms with Crippen LogP contribution in [0.1, 0.15) is 43.7 Å². The summed E-state index contributed by atoms with van der Waals surface area (Å²) in [7, 11) is 0. The largest absolute Gasteiger partial charge is 0.360 e. The predicted molar refractivity (Wildman–Crippen MR) is 108 cm³/mol. The van der Waals surface area contributed by atoms with Crippen LogP contribution in [0.25, 0.3) is 11.2 Å². The molecule has 1 saturated heterocycles. The van der Waals surface area contributed by atoms with Gasteiger partial charge in [-0.3, -0.25) is 4.79 Å². The Bertz CT molecular complexity index is 1040. The van der Waals surface area contributed by atoms with Gasteiger partial charge in [0.15, 0.2) is 22.8 Å². The van der Waals surface area contributed by atoms with Gasteiger partial charge >= 0.3 is 0 Å². The molecule has 5 heterocycles. The summed E-state index contributed by atoms with van der Waals surface area (Å²) < 4.78 is 7.28. The molecule has 1 fully saturated rings. The average Bonchev–Trinajstić information content (AvgIpc) is 3.22. The molecule has 0 bridgehead atoms. The van der Waals surface area contributed by atoms with Gasteiger partial charge in [-0.2, -0.15) is 0 Å². The van der Waals surface area contributed by atoms with Crippen LogP contribution in [0.2, 0.25) is 0 Å². The summed E-state index contributed by atoms with van der Waals surface area (Å²) in [5.41, 5.74) is 1.77. The fourth-order valence-electron chi connectivity index (χ4n) is 4.39. The van der Waals surface area contributed by atoms with Gasteiger partial charge in [-0.25, -0.2) is 15.0 Å². The van der Waals surface area contributed by atoms with Crippen molar-refractivity contribution in [3.05, 3.63) is 24.0 Å². The zero-order valence-corrected chi connectivity index (χ0v) is 16.6. The summed E-state index contributed by atoms with van der Waals surface area (Å²) in [5, 5.41) is 6.72. The summed E-state index contributed by atoms with van der Waals surface area (Å²) in [6, 6.07) is 1.73. The maximum atomic E-state index is 12.7. The SMILES string of the molecule is Cc1cc(NC(=O)[C@H]2CCCN(c3ncnc4c3nc3n4CCCCC3)C2)no1. The third-order valence-corrected chi connectivity index (χ3v) is 5.84. The van der Waals surface area contributed by atoms with Crippen LogP contribution in [0.15, 0.2) is 16.9 Å². The summed E-state index contributed by atoms with van der Waals surface area (Å²) >= 11 is 0. The van der Waals surface area contributed by atoms with Gasteiger partial charge in [-0.15, -0.1) is 0 Å². The van der Waals surface area contributed by atoms with E-state index in [1.807, 2.05) is 0 Å². The van der Waals surface area contributed by atoms with Gasteiger partial charge in [-0.1, -0.05) is 11.6 Å². The number of fused-ring (bicyclic) bond motifs is 3. The lowest BCUT2D eigenvalue weighted by atomic mass is 9.97. The molecule has 2 aliphatic rings. The zero-order chi connectivity index (χ0) is 19.8. The maximum absolute atomic E-state index is 12.7. The molecule has 0 aliphatic carbocycles. The van der Waals surface area contributed by atoms with Crippen LogP contribution < -0.4 is 10.2 Å². The van der Waals surface area contributed by atoms with E-state index in [1.165, 1.54) is 12.8 Å². The lowest BCUT2D eigenvalue weighted by molar-refractivity contribution is -0.120. The van der Waals surface area contributed by atoms with Crippen LogP contribution >= 0.6 is 0 Å².